The molecule has 0 aromatic carbocycles. The van der Waals surface area contributed by atoms with Crippen molar-refractivity contribution in [2.75, 3.05) is 25.0 Å². The molecule has 5 nitrogen and oxygen atoms in total. The Morgan fingerprint density at radius 1 is 1.26 bits per heavy atom. The van der Waals surface area contributed by atoms with Gasteiger partial charge in [-0.1, -0.05) is 0 Å². The lowest BCUT2D eigenvalue weighted by atomic mass is 10.2. The van der Waals surface area contributed by atoms with Crippen LogP contribution in [-0.4, -0.2) is 45.7 Å². The molecule has 0 amide bonds. The van der Waals surface area contributed by atoms with Gasteiger partial charge in [0.15, 0.2) is 0 Å². The van der Waals surface area contributed by atoms with Crippen molar-refractivity contribution in [2.45, 2.75) is 52.6 Å². The molecular weight excluding hydrogens is 308 g/mol. The Morgan fingerprint density at radius 3 is 2.70 bits per heavy atom. The van der Waals surface area contributed by atoms with E-state index in [1.54, 1.807) is 11.3 Å². The maximum Gasteiger partial charge on any atom is 0.146 e. The molecule has 1 fully saturated rings. The first-order valence-corrected chi connectivity index (χ1v) is 9.26. The van der Waals surface area contributed by atoms with Gasteiger partial charge in [-0.25, -0.2) is 9.97 Å². The van der Waals surface area contributed by atoms with Crippen LogP contribution in [0.3, 0.4) is 0 Å². The van der Waals surface area contributed by atoms with Crippen LogP contribution in [0.4, 0.5) is 5.82 Å². The summed E-state index contributed by atoms with van der Waals surface area (Å²) in [6.45, 7) is 9.67. The normalized spacial score (nSPS) is 17.0. The van der Waals surface area contributed by atoms with Crippen LogP contribution in [0.2, 0.25) is 0 Å². The van der Waals surface area contributed by atoms with Gasteiger partial charge in [0.1, 0.15) is 16.5 Å². The maximum absolute atomic E-state index is 9.15. The van der Waals surface area contributed by atoms with Crippen molar-refractivity contribution < 1.29 is 5.11 Å². The first-order chi connectivity index (χ1) is 11.1. The van der Waals surface area contributed by atoms with E-state index in [0.29, 0.717) is 0 Å². The van der Waals surface area contributed by atoms with Gasteiger partial charge in [0.25, 0.3) is 0 Å². The lowest BCUT2D eigenvalue weighted by Gasteiger charge is -2.17. The summed E-state index contributed by atoms with van der Waals surface area (Å²) in [6.07, 6.45) is 3.27. The van der Waals surface area contributed by atoms with Gasteiger partial charge in [-0.3, -0.25) is 4.90 Å². The maximum atomic E-state index is 9.15. The van der Waals surface area contributed by atoms with Gasteiger partial charge in [-0.15, -0.1) is 11.3 Å². The average molecular weight is 334 g/mol. The second-order valence-electron chi connectivity index (χ2n) is 6.49. The molecule has 126 valence electrons. The first-order valence-electron chi connectivity index (χ1n) is 8.45. The Labute approximate surface area is 141 Å². The largest absolute Gasteiger partial charge is 0.396 e. The topological polar surface area (TPSA) is 61.3 Å². The molecule has 3 rings (SSSR count). The van der Waals surface area contributed by atoms with Crippen molar-refractivity contribution in [1.82, 2.24) is 14.9 Å². The quantitative estimate of drug-likeness (QED) is 0.850. The summed E-state index contributed by atoms with van der Waals surface area (Å²) in [5, 5.41) is 13.8. The number of anilines is 1. The molecule has 3 heterocycles. The van der Waals surface area contributed by atoms with Crippen LogP contribution in [0.1, 0.15) is 42.5 Å². The number of aryl methyl sites for hydroxylation is 2. The summed E-state index contributed by atoms with van der Waals surface area (Å²) in [7, 11) is 0. The zero-order valence-electron chi connectivity index (χ0n) is 14.2. The number of aromatic nitrogens is 2. The van der Waals surface area contributed by atoms with E-state index in [9.17, 15) is 0 Å². The van der Waals surface area contributed by atoms with Crippen LogP contribution in [0, 0.1) is 13.8 Å². The predicted molar refractivity (Wildman–Crippen MR) is 96.2 cm³/mol. The van der Waals surface area contributed by atoms with Crippen molar-refractivity contribution in [3.8, 4) is 0 Å². The van der Waals surface area contributed by atoms with Gasteiger partial charge in [0.05, 0.1) is 11.9 Å². The number of thiophene rings is 1. The molecule has 0 saturated carbocycles. The second kappa shape index (κ2) is 7.11. The summed E-state index contributed by atoms with van der Waals surface area (Å²) in [6, 6.07) is 0.192. The molecule has 2 aromatic heterocycles. The van der Waals surface area contributed by atoms with Crippen molar-refractivity contribution in [2.24, 2.45) is 0 Å². The molecule has 1 aliphatic heterocycles. The number of likely N-dealkylation sites (tertiary alicyclic amines) is 1. The van der Waals surface area contributed by atoms with Gasteiger partial charge in [0, 0.05) is 17.5 Å². The number of nitrogens with one attached hydrogen (secondary N) is 1. The molecule has 2 aromatic rings. The van der Waals surface area contributed by atoms with Crippen LogP contribution in [0.25, 0.3) is 10.2 Å². The van der Waals surface area contributed by atoms with E-state index in [-0.39, 0.29) is 12.6 Å². The molecule has 1 saturated heterocycles. The molecule has 0 unspecified atom stereocenters. The Bertz CT molecular complexity index is 679. The lowest BCUT2D eigenvalue weighted by molar-refractivity contribution is 0.282. The average Bonchev–Trinajstić information content (AvgIpc) is 3.08. The summed E-state index contributed by atoms with van der Waals surface area (Å²) in [5.74, 6) is 1.83. The van der Waals surface area contributed by atoms with Crippen molar-refractivity contribution in [1.29, 1.82) is 0 Å². The highest BCUT2D eigenvalue weighted by Gasteiger charge is 2.18. The Balaban J connectivity index is 1.95. The zero-order valence-corrected chi connectivity index (χ0v) is 15.0. The highest BCUT2D eigenvalue weighted by molar-refractivity contribution is 7.18. The van der Waals surface area contributed by atoms with Crippen LogP contribution in [-0.2, 0) is 6.54 Å². The lowest BCUT2D eigenvalue weighted by Crippen LogP contribution is -2.22. The Kier molecular flexibility index (Phi) is 5.14. The summed E-state index contributed by atoms with van der Waals surface area (Å²) < 4.78 is 0. The van der Waals surface area contributed by atoms with E-state index in [1.165, 1.54) is 23.3 Å². The Morgan fingerprint density at radius 2 is 2.00 bits per heavy atom. The molecule has 0 aliphatic carbocycles. The van der Waals surface area contributed by atoms with Crippen LogP contribution < -0.4 is 5.32 Å². The third-order valence-electron chi connectivity index (χ3n) is 4.58. The van der Waals surface area contributed by atoms with Gasteiger partial charge in [0.2, 0.25) is 0 Å². The fourth-order valence-corrected chi connectivity index (χ4v) is 4.16. The van der Waals surface area contributed by atoms with Gasteiger partial charge in [-0.2, -0.15) is 0 Å². The van der Waals surface area contributed by atoms with E-state index in [4.69, 9.17) is 15.1 Å². The van der Waals surface area contributed by atoms with Crippen LogP contribution >= 0.6 is 11.3 Å². The summed E-state index contributed by atoms with van der Waals surface area (Å²) in [5.41, 5.74) is 1.26. The van der Waals surface area contributed by atoms with E-state index in [0.717, 1.165) is 47.9 Å². The van der Waals surface area contributed by atoms with E-state index < -0.39 is 0 Å². The van der Waals surface area contributed by atoms with Crippen molar-refractivity contribution in [3.05, 3.63) is 16.3 Å². The molecular formula is C17H26N4OS. The number of hydrogen-bond donors (Lipinski definition) is 2. The molecule has 1 atom stereocenters. The zero-order chi connectivity index (χ0) is 16.4. The fraction of sp³-hybridized carbons (Fsp3) is 0.647. The van der Waals surface area contributed by atoms with Gasteiger partial charge >= 0.3 is 0 Å². The van der Waals surface area contributed by atoms with Gasteiger partial charge in [-0.05, 0) is 58.7 Å². The standard InChI is InChI=1S/C17H26N4OS/c1-11(6-9-22)18-16-15-12(2)13(3)23-17(15)20-14(19-16)10-21-7-4-5-8-21/h11,22H,4-10H2,1-3H3,(H,18,19,20)/t11-/m0/s1. The molecule has 23 heavy (non-hydrogen) atoms. The molecule has 2 N–H and O–H groups in total. The van der Waals surface area contributed by atoms with E-state index >= 15 is 0 Å². The monoisotopic (exact) mass is 334 g/mol. The predicted octanol–water partition coefficient (Wildman–Crippen LogP) is 3.09. The highest BCUT2D eigenvalue weighted by atomic mass is 32.1. The number of fused-ring (bicyclic) bond motifs is 1. The molecule has 1 aliphatic rings. The van der Waals surface area contributed by atoms with Gasteiger partial charge < -0.3 is 10.4 Å². The first kappa shape index (κ1) is 16.6. The summed E-state index contributed by atoms with van der Waals surface area (Å²) in [4.78, 5) is 14.4. The third-order valence-corrected chi connectivity index (χ3v) is 5.69. The number of aliphatic hydroxyl groups excluding tert-OH is 1. The number of nitrogens with zero attached hydrogens (tertiary/aromatic N) is 3. The Hall–Kier alpha value is -1.24. The molecule has 6 heteroatoms. The summed E-state index contributed by atoms with van der Waals surface area (Å²) >= 11 is 1.75. The fourth-order valence-electron chi connectivity index (χ4n) is 3.11. The SMILES string of the molecule is Cc1sc2nc(CN3CCCC3)nc(N[C@@H](C)CCO)c2c1C. The van der Waals surface area contributed by atoms with Crippen LogP contribution in [0.5, 0.6) is 0 Å². The second-order valence-corrected chi connectivity index (χ2v) is 7.70. The van der Waals surface area contributed by atoms with E-state index in [1.807, 2.05) is 0 Å². The van der Waals surface area contributed by atoms with Crippen LogP contribution in [0.15, 0.2) is 0 Å². The number of rotatable bonds is 6. The number of hydrogen-bond acceptors (Lipinski definition) is 6. The van der Waals surface area contributed by atoms with Crippen molar-refractivity contribution >= 4 is 27.4 Å². The molecule has 0 radical (unpaired) electrons. The number of aliphatic hydroxyl groups is 1. The molecule has 0 spiro atoms. The van der Waals surface area contributed by atoms with Crippen molar-refractivity contribution in [3.63, 3.8) is 0 Å². The minimum Gasteiger partial charge on any atom is -0.396 e. The third kappa shape index (κ3) is 3.65. The smallest absolute Gasteiger partial charge is 0.146 e. The minimum absolute atomic E-state index is 0.185. The minimum atomic E-state index is 0.185. The van der Waals surface area contributed by atoms with E-state index in [2.05, 4.69) is 31.0 Å². The molecule has 0 bridgehead atoms. The highest BCUT2D eigenvalue weighted by Crippen LogP contribution is 2.34.